The first-order valence-corrected chi connectivity index (χ1v) is 11.2. The van der Waals surface area contributed by atoms with Crippen LogP contribution in [0.1, 0.15) is 40.0 Å². The fraction of sp³-hybridized carbons (Fsp3) is 0.909. The van der Waals surface area contributed by atoms with E-state index in [1.807, 2.05) is 6.92 Å². The number of rotatable bonds is 7. The standard InChI is InChI=1S/C11H22NO5PS2/c1-4-7-18(19,17-6-3)11-8-10(14)12(9(13)5-2)20(11,15)16/h9,11,13H,4-8H2,1-3H3. The van der Waals surface area contributed by atoms with Gasteiger partial charge >= 0.3 is 0 Å². The minimum absolute atomic E-state index is 0.156. The molecular formula is C11H22NO5PS2. The van der Waals surface area contributed by atoms with E-state index < -0.39 is 33.4 Å². The van der Waals surface area contributed by atoms with E-state index >= 15 is 0 Å². The van der Waals surface area contributed by atoms with Gasteiger partial charge in [0.2, 0.25) is 15.9 Å². The van der Waals surface area contributed by atoms with Crippen LogP contribution in [0.15, 0.2) is 0 Å². The predicted molar refractivity (Wildman–Crippen MR) is 81.5 cm³/mol. The van der Waals surface area contributed by atoms with Gasteiger partial charge in [0.15, 0.2) is 0 Å². The molecule has 1 N–H and O–H groups in total. The second-order valence-corrected chi connectivity index (χ2v) is 11.6. The molecular weight excluding hydrogens is 321 g/mol. The van der Waals surface area contributed by atoms with Gasteiger partial charge in [-0.2, -0.15) is 0 Å². The first-order valence-electron chi connectivity index (χ1n) is 6.72. The van der Waals surface area contributed by atoms with Crippen molar-refractivity contribution in [3.05, 3.63) is 0 Å². The summed E-state index contributed by atoms with van der Waals surface area (Å²) in [7, 11) is -3.94. The second kappa shape index (κ2) is 6.83. The number of sulfonamides is 1. The minimum atomic E-state index is -3.94. The minimum Gasteiger partial charge on any atom is -0.372 e. The number of nitrogens with zero attached hydrogens (tertiary/aromatic N) is 1. The van der Waals surface area contributed by atoms with Crippen molar-refractivity contribution in [2.75, 3.05) is 12.8 Å². The summed E-state index contributed by atoms with van der Waals surface area (Å²) in [4.78, 5) is 11.0. The molecule has 0 aromatic rings. The highest BCUT2D eigenvalue weighted by atomic mass is 32.5. The Bertz CT molecular complexity index is 497. The van der Waals surface area contributed by atoms with Crippen LogP contribution in [0.4, 0.5) is 0 Å². The van der Waals surface area contributed by atoms with Crippen LogP contribution in [0.25, 0.3) is 0 Å². The van der Waals surface area contributed by atoms with Gasteiger partial charge in [-0.1, -0.05) is 25.7 Å². The molecule has 0 bridgehead atoms. The molecule has 3 atom stereocenters. The molecule has 1 aliphatic rings. The van der Waals surface area contributed by atoms with Crippen LogP contribution in [0, 0.1) is 0 Å². The van der Waals surface area contributed by atoms with E-state index in [9.17, 15) is 18.3 Å². The number of carbonyl (C=O) groups is 1. The van der Waals surface area contributed by atoms with E-state index in [2.05, 4.69) is 0 Å². The molecule has 0 spiro atoms. The van der Waals surface area contributed by atoms with Crippen molar-refractivity contribution in [1.29, 1.82) is 0 Å². The zero-order valence-electron chi connectivity index (χ0n) is 12.0. The molecule has 20 heavy (non-hydrogen) atoms. The Morgan fingerprint density at radius 2 is 2.10 bits per heavy atom. The third-order valence-electron chi connectivity index (χ3n) is 3.17. The summed E-state index contributed by atoms with van der Waals surface area (Å²) < 4.78 is 31.2. The monoisotopic (exact) mass is 343 g/mol. The average Bonchev–Trinajstić information content (AvgIpc) is 2.60. The first-order chi connectivity index (χ1) is 9.24. The van der Waals surface area contributed by atoms with E-state index in [1.54, 1.807) is 13.8 Å². The summed E-state index contributed by atoms with van der Waals surface area (Å²) >= 11 is 5.49. The van der Waals surface area contributed by atoms with Crippen LogP contribution < -0.4 is 0 Å². The number of hydrogen-bond acceptors (Lipinski definition) is 6. The Morgan fingerprint density at radius 3 is 2.55 bits per heavy atom. The number of carbonyl (C=O) groups excluding carboxylic acids is 1. The highest BCUT2D eigenvalue weighted by Crippen LogP contribution is 2.58. The van der Waals surface area contributed by atoms with Crippen LogP contribution in [0.2, 0.25) is 0 Å². The summed E-state index contributed by atoms with van der Waals surface area (Å²) in [5.74, 6) is -0.589. The molecule has 1 amide bonds. The van der Waals surface area contributed by atoms with Crippen molar-refractivity contribution in [3.8, 4) is 0 Å². The van der Waals surface area contributed by atoms with Crippen molar-refractivity contribution in [2.24, 2.45) is 0 Å². The first kappa shape index (κ1) is 18.0. The lowest BCUT2D eigenvalue weighted by Crippen LogP contribution is -2.40. The van der Waals surface area contributed by atoms with E-state index in [4.69, 9.17) is 16.3 Å². The van der Waals surface area contributed by atoms with Gasteiger partial charge in [-0.25, -0.2) is 12.7 Å². The SMILES string of the molecule is CCCP(=S)(OCC)C1CC(=O)N(C(O)CC)S1(=O)=O. The van der Waals surface area contributed by atoms with Crippen molar-refractivity contribution in [2.45, 2.75) is 51.3 Å². The van der Waals surface area contributed by atoms with E-state index in [0.717, 1.165) is 0 Å². The molecule has 1 aliphatic heterocycles. The lowest BCUT2D eigenvalue weighted by atomic mass is 10.4. The van der Waals surface area contributed by atoms with Gasteiger partial charge in [0.25, 0.3) is 0 Å². The molecule has 0 aromatic heterocycles. The Balaban J connectivity index is 3.21. The smallest absolute Gasteiger partial charge is 0.249 e. The number of amides is 1. The van der Waals surface area contributed by atoms with Gasteiger partial charge in [-0.15, -0.1) is 0 Å². The lowest BCUT2D eigenvalue weighted by molar-refractivity contribution is -0.131. The summed E-state index contributed by atoms with van der Waals surface area (Å²) in [5.41, 5.74) is 0. The van der Waals surface area contributed by atoms with E-state index in [-0.39, 0.29) is 12.8 Å². The van der Waals surface area contributed by atoms with Crippen LogP contribution in [0.5, 0.6) is 0 Å². The Hall–Kier alpha value is -0.0100. The maximum Gasteiger partial charge on any atom is 0.249 e. The molecule has 118 valence electrons. The summed E-state index contributed by atoms with van der Waals surface area (Å²) in [6, 6.07) is 0. The summed E-state index contributed by atoms with van der Waals surface area (Å²) in [5, 5.41) is 9.77. The van der Waals surface area contributed by atoms with Crippen LogP contribution in [-0.2, 0) is 31.1 Å². The molecule has 6 nitrogen and oxygen atoms in total. The van der Waals surface area contributed by atoms with E-state index in [0.29, 0.717) is 23.5 Å². The van der Waals surface area contributed by atoms with Crippen LogP contribution >= 0.6 is 6.26 Å². The van der Waals surface area contributed by atoms with E-state index in [1.165, 1.54) is 0 Å². The molecule has 3 unspecified atom stereocenters. The number of aliphatic hydroxyl groups excluding tert-OH is 1. The largest absolute Gasteiger partial charge is 0.372 e. The number of hydrogen-bond donors (Lipinski definition) is 1. The molecule has 1 saturated heterocycles. The average molecular weight is 343 g/mol. The summed E-state index contributed by atoms with van der Waals surface area (Å²) in [6.07, 6.45) is -2.81. The maximum absolute atomic E-state index is 12.5. The van der Waals surface area contributed by atoms with Crippen LogP contribution in [0.3, 0.4) is 0 Å². The zero-order valence-corrected chi connectivity index (χ0v) is 14.5. The molecule has 0 aromatic carbocycles. The van der Waals surface area contributed by atoms with Crippen molar-refractivity contribution in [1.82, 2.24) is 4.31 Å². The van der Waals surface area contributed by atoms with Gasteiger partial charge in [0, 0.05) is 12.8 Å². The van der Waals surface area contributed by atoms with Gasteiger partial charge in [0.05, 0.1) is 12.7 Å². The van der Waals surface area contributed by atoms with Gasteiger partial charge in [-0.3, -0.25) is 4.79 Å². The molecule has 1 heterocycles. The third kappa shape index (κ3) is 3.25. The Morgan fingerprint density at radius 1 is 1.50 bits per heavy atom. The highest BCUT2D eigenvalue weighted by molar-refractivity contribution is 8.18. The van der Waals surface area contributed by atoms with Crippen LogP contribution in [-0.4, -0.2) is 47.7 Å². The molecule has 0 aliphatic carbocycles. The second-order valence-electron chi connectivity index (χ2n) is 4.65. The van der Waals surface area contributed by atoms with Gasteiger partial charge < -0.3 is 9.63 Å². The predicted octanol–water partition coefficient (Wildman–Crippen LogP) is 1.44. The topological polar surface area (TPSA) is 83.9 Å². The molecule has 0 saturated carbocycles. The van der Waals surface area contributed by atoms with Crippen molar-refractivity contribution in [3.63, 3.8) is 0 Å². The lowest BCUT2D eigenvalue weighted by Gasteiger charge is -2.28. The quantitative estimate of drug-likeness (QED) is 0.704. The zero-order chi connectivity index (χ0) is 15.6. The maximum atomic E-state index is 12.5. The third-order valence-corrected chi connectivity index (χ3v) is 11.7. The molecule has 1 fully saturated rings. The normalized spacial score (nSPS) is 26.5. The fourth-order valence-corrected chi connectivity index (χ4v) is 10.3. The van der Waals surface area contributed by atoms with Gasteiger partial charge in [0.1, 0.15) is 11.2 Å². The molecule has 9 heteroatoms. The molecule has 1 rings (SSSR count). The molecule has 0 radical (unpaired) electrons. The summed E-state index contributed by atoms with van der Waals surface area (Å²) in [6.45, 7) is 5.61. The number of aliphatic hydroxyl groups is 1. The van der Waals surface area contributed by atoms with Crippen molar-refractivity contribution >= 4 is 34.0 Å². The Kier molecular flexibility index (Phi) is 6.16. The van der Waals surface area contributed by atoms with Crippen molar-refractivity contribution < 1.29 is 22.8 Å². The van der Waals surface area contributed by atoms with Gasteiger partial charge in [-0.05, 0) is 19.8 Å². The fourth-order valence-electron chi connectivity index (χ4n) is 2.28. The highest BCUT2D eigenvalue weighted by Gasteiger charge is 2.53. The Labute approximate surface area is 125 Å².